The smallest absolute Gasteiger partial charge is 0.0657 e. The summed E-state index contributed by atoms with van der Waals surface area (Å²) in [5.74, 6) is 0.244. The molecular formula is C7H11NO. The fourth-order valence-corrected chi connectivity index (χ4v) is 1.12. The molecule has 1 rings (SSSR count). The minimum absolute atomic E-state index is 0.244. The SMILES string of the molecule is C[C@H]1C[C@H](C#N)CCO1. The molecule has 1 fully saturated rings. The van der Waals surface area contributed by atoms with E-state index < -0.39 is 0 Å². The van der Waals surface area contributed by atoms with Crippen molar-refractivity contribution in [2.45, 2.75) is 25.9 Å². The highest BCUT2D eigenvalue weighted by Crippen LogP contribution is 2.18. The summed E-state index contributed by atoms with van der Waals surface area (Å²) in [6, 6.07) is 2.25. The fourth-order valence-electron chi connectivity index (χ4n) is 1.12. The Bertz CT molecular complexity index is 127. The Balaban J connectivity index is 2.34. The van der Waals surface area contributed by atoms with Gasteiger partial charge in [-0.3, -0.25) is 0 Å². The van der Waals surface area contributed by atoms with Gasteiger partial charge < -0.3 is 4.74 Å². The lowest BCUT2D eigenvalue weighted by molar-refractivity contribution is 0.0140. The first kappa shape index (κ1) is 6.57. The van der Waals surface area contributed by atoms with Crippen molar-refractivity contribution in [3.8, 4) is 6.07 Å². The molecule has 0 aromatic carbocycles. The summed E-state index contributed by atoms with van der Waals surface area (Å²) in [7, 11) is 0. The third kappa shape index (κ3) is 1.69. The second-order valence-corrected chi connectivity index (χ2v) is 2.53. The van der Waals surface area contributed by atoms with E-state index in [-0.39, 0.29) is 5.92 Å². The van der Waals surface area contributed by atoms with Gasteiger partial charge in [0.15, 0.2) is 0 Å². The first-order chi connectivity index (χ1) is 4.33. The summed E-state index contributed by atoms with van der Waals surface area (Å²) in [6.45, 7) is 2.78. The third-order valence-electron chi connectivity index (χ3n) is 1.67. The van der Waals surface area contributed by atoms with E-state index in [1.807, 2.05) is 6.92 Å². The van der Waals surface area contributed by atoms with Gasteiger partial charge >= 0.3 is 0 Å². The summed E-state index contributed by atoms with van der Waals surface area (Å²) in [4.78, 5) is 0. The highest BCUT2D eigenvalue weighted by Gasteiger charge is 2.17. The molecule has 0 bridgehead atoms. The lowest BCUT2D eigenvalue weighted by atomic mass is 9.98. The van der Waals surface area contributed by atoms with Crippen LogP contribution in [0.25, 0.3) is 0 Å². The average Bonchev–Trinajstić information content (AvgIpc) is 1.88. The maximum atomic E-state index is 8.50. The van der Waals surface area contributed by atoms with E-state index in [0.717, 1.165) is 19.4 Å². The minimum atomic E-state index is 0.244. The van der Waals surface area contributed by atoms with Crippen molar-refractivity contribution in [1.29, 1.82) is 5.26 Å². The molecule has 1 aliphatic rings. The molecule has 0 aliphatic carbocycles. The van der Waals surface area contributed by atoms with Gasteiger partial charge in [-0.2, -0.15) is 5.26 Å². The summed E-state index contributed by atoms with van der Waals surface area (Å²) in [5.41, 5.74) is 0. The molecule has 2 atom stereocenters. The molecule has 0 aromatic heterocycles. The van der Waals surface area contributed by atoms with Crippen LogP contribution in [0.1, 0.15) is 19.8 Å². The van der Waals surface area contributed by atoms with E-state index in [4.69, 9.17) is 10.00 Å². The molecule has 2 heteroatoms. The largest absolute Gasteiger partial charge is 0.378 e. The van der Waals surface area contributed by atoms with Crippen LogP contribution in [-0.2, 0) is 4.74 Å². The van der Waals surface area contributed by atoms with Crippen LogP contribution in [0.2, 0.25) is 0 Å². The lowest BCUT2D eigenvalue weighted by Gasteiger charge is -2.21. The number of ether oxygens (including phenoxy) is 1. The molecule has 0 unspecified atom stereocenters. The van der Waals surface area contributed by atoms with Gasteiger partial charge in [0, 0.05) is 6.61 Å². The monoisotopic (exact) mass is 125 g/mol. The van der Waals surface area contributed by atoms with Gasteiger partial charge in [-0.25, -0.2) is 0 Å². The van der Waals surface area contributed by atoms with Crippen LogP contribution >= 0.6 is 0 Å². The minimum Gasteiger partial charge on any atom is -0.378 e. The fraction of sp³-hybridized carbons (Fsp3) is 0.857. The molecule has 0 radical (unpaired) electrons. The van der Waals surface area contributed by atoms with Gasteiger partial charge in [-0.1, -0.05) is 0 Å². The molecule has 1 saturated heterocycles. The molecular weight excluding hydrogens is 114 g/mol. The van der Waals surface area contributed by atoms with Crippen molar-refractivity contribution in [3.05, 3.63) is 0 Å². The van der Waals surface area contributed by atoms with Gasteiger partial charge in [-0.15, -0.1) is 0 Å². The van der Waals surface area contributed by atoms with Crippen molar-refractivity contribution in [3.63, 3.8) is 0 Å². The van der Waals surface area contributed by atoms with Crippen molar-refractivity contribution in [2.75, 3.05) is 6.61 Å². The van der Waals surface area contributed by atoms with E-state index in [1.165, 1.54) is 0 Å². The molecule has 0 aromatic rings. The van der Waals surface area contributed by atoms with E-state index in [2.05, 4.69) is 6.07 Å². The molecule has 1 aliphatic heterocycles. The Morgan fingerprint density at radius 3 is 2.89 bits per heavy atom. The summed E-state index contributed by atoms with van der Waals surface area (Å²) in [6.07, 6.45) is 2.13. The topological polar surface area (TPSA) is 33.0 Å². The predicted octanol–water partition coefficient (Wildman–Crippen LogP) is 1.33. The maximum Gasteiger partial charge on any atom is 0.0657 e. The van der Waals surface area contributed by atoms with Crippen molar-refractivity contribution in [1.82, 2.24) is 0 Å². The quantitative estimate of drug-likeness (QED) is 0.489. The zero-order valence-electron chi connectivity index (χ0n) is 5.63. The van der Waals surface area contributed by atoms with E-state index in [1.54, 1.807) is 0 Å². The molecule has 0 spiro atoms. The first-order valence-electron chi connectivity index (χ1n) is 3.34. The van der Waals surface area contributed by atoms with Crippen LogP contribution < -0.4 is 0 Å². The van der Waals surface area contributed by atoms with Gasteiger partial charge in [0.25, 0.3) is 0 Å². The Hall–Kier alpha value is -0.550. The molecule has 50 valence electrons. The standard InChI is InChI=1S/C7H11NO/c1-6-4-7(5-8)2-3-9-6/h6-7H,2-4H2,1H3/t6-,7+/m0/s1. The highest BCUT2D eigenvalue weighted by atomic mass is 16.5. The molecule has 2 nitrogen and oxygen atoms in total. The average molecular weight is 125 g/mol. The number of hydrogen-bond donors (Lipinski definition) is 0. The van der Waals surface area contributed by atoms with Crippen LogP contribution in [-0.4, -0.2) is 12.7 Å². The summed E-state index contributed by atoms with van der Waals surface area (Å²) < 4.78 is 5.26. The molecule has 0 N–H and O–H groups in total. The second-order valence-electron chi connectivity index (χ2n) is 2.53. The predicted molar refractivity (Wildman–Crippen MR) is 33.8 cm³/mol. The van der Waals surface area contributed by atoms with Crippen LogP contribution in [0.3, 0.4) is 0 Å². The lowest BCUT2D eigenvalue weighted by Crippen LogP contribution is -2.21. The Morgan fingerprint density at radius 2 is 2.44 bits per heavy atom. The van der Waals surface area contributed by atoms with Gasteiger partial charge in [0.2, 0.25) is 0 Å². The number of nitrogens with zero attached hydrogens (tertiary/aromatic N) is 1. The normalized spacial score (nSPS) is 35.6. The summed E-state index contributed by atoms with van der Waals surface area (Å²) in [5, 5.41) is 8.50. The molecule has 1 heterocycles. The van der Waals surface area contributed by atoms with Gasteiger partial charge in [0.1, 0.15) is 0 Å². The highest BCUT2D eigenvalue weighted by molar-refractivity contribution is 4.85. The molecule has 0 amide bonds. The molecule has 0 saturated carbocycles. The number of hydrogen-bond acceptors (Lipinski definition) is 2. The van der Waals surface area contributed by atoms with Crippen molar-refractivity contribution < 1.29 is 4.74 Å². The van der Waals surface area contributed by atoms with Gasteiger partial charge in [0.05, 0.1) is 18.1 Å². The van der Waals surface area contributed by atoms with Gasteiger partial charge in [-0.05, 0) is 19.8 Å². The Morgan fingerprint density at radius 1 is 1.67 bits per heavy atom. The first-order valence-corrected chi connectivity index (χ1v) is 3.34. The van der Waals surface area contributed by atoms with Crippen LogP contribution in [0.15, 0.2) is 0 Å². The zero-order valence-corrected chi connectivity index (χ0v) is 5.63. The maximum absolute atomic E-state index is 8.50. The van der Waals surface area contributed by atoms with E-state index in [0.29, 0.717) is 6.10 Å². The molecule has 9 heavy (non-hydrogen) atoms. The number of rotatable bonds is 0. The van der Waals surface area contributed by atoms with E-state index in [9.17, 15) is 0 Å². The third-order valence-corrected chi connectivity index (χ3v) is 1.67. The van der Waals surface area contributed by atoms with Crippen LogP contribution in [0.4, 0.5) is 0 Å². The second kappa shape index (κ2) is 2.84. The van der Waals surface area contributed by atoms with Crippen molar-refractivity contribution >= 4 is 0 Å². The van der Waals surface area contributed by atoms with Crippen LogP contribution in [0.5, 0.6) is 0 Å². The Kier molecular flexibility index (Phi) is 2.07. The zero-order chi connectivity index (χ0) is 6.69. The van der Waals surface area contributed by atoms with Crippen LogP contribution in [0, 0.1) is 17.2 Å². The Labute approximate surface area is 55.4 Å². The summed E-state index contributed by atoms with van der Waals surface area (Å²) >= 11 is 0. The van der Waals surface area contributed by atoms with Crippen molar-refractivity contribution in [2.24, 2.45) is 5.92 Å². The number of nitriles is 1. The van der Waals surface area contributed by atoms with E-state index >= 15 is 0 Å².